The van der Waals surface area contributed by atoms with Gasteiger partial charge in [-0.15, -0.1) is 0 Å². The van der Waals surface area contributed by atoms with Crippen molar-refractivity contribution in [2.24, 2.45) is 5.73 Å². The Bertz CT molecular complexity index is 359. The zero-order valence-electron chi connectivity index (χ0n) is 12.4. The summed E-state index contributed by atoms with van der Waals surface area (Å²) in [6, 6.07) is 10.9. The quantitative estimate of drug-likeness (QED) is 0.714. The van der Waals surface area contributed by atoms with Crippen molar-refractivity contribution >= 4 is 0 Å². The molecule has 1 aliphatic rings. The van der Waals surface area contributed by atoms with E-state index >= 15 is 0 Å². The molecule has 1 heteroatoms. The van der Waals surface area contributed by atoms with Gasteiger partial charge in [-0.25, -0.2) is 0 Å². The molecule has 0 heterocycles. The number of hydrogen-bond acceptors (Lipinski definition) is 1. The molecule has 0 radical (unpaired) electrons. The Morgan fingerprint density at radius 3 is 2.63 bits per heavy atom. The van der Waals surface area contributed by atoms with Crippen molar-refractivity contribution in [3.63, 3.8) is 0 Å². The average Bonchev–Trinajstić information content (AvgIpc) is 2.45. The van der Waals surface area contributed by atoms with Gasteiger partial charge in [-0.3, -0.25) is 0 Å². The van der Waals surface area contributed by atoms with Crippen LogP contribution < -0.4 is 5.73 Å². The fraction of sp³-hybridized carbons (Fsp3) is 0.667. The molecule has 1 nitrogen and oxygen atoms in total. The van der Waals surface area contributed by atoms with Crippen LogP contribution in [0.15, 0.2) is 30.3 Å². The van der Waals surface area contributed by atoms with Crippen molar-refractivity contribution in [2.45, 2.75) is 76.2 Å². The van der Waals surface area contributed by atoms with Crippen LogP contribution in [0.2, 0.25) is 0 Å². The van der Waals surface area contributed by atoms with Crippen molar-refractivity contribution < 1.29 is 0 Å². The minimum absolute atomic E-state index is 0.0490. The summed E-state index contributed by atoms with van der Waals surface area (Å²) < 4.78 is 0. The van der Waals surface area contributed by atoms with Crippen molar-refractivity contribution in [2.75, 3.05) is 0 Å². The van der Waals surface area contributed by atoms with Gasteiger partial charge in [0, 0.05) is 11.5 Å². The van der Waals surface area contributed by atoms with Crippen LogP contribution in [0.3, 0.4) is 0 Å². The summed E-state index contributed by atoms with van der Waals surface area (Å²) >= 11 is 0. The highest BCUT2D eigenvalue weighted by Crippen LogP contribution is 2.42. The third-order valence-electron chi connectivity index (χ3n) is 4.78. The Kier molecular flexibility index (Phi) is 5.45. The lowest BCUT2D eigenvalue weighted by molar-refractivity contribution is 0.229. The van der Waals surface area contributed by atoms with Crippen molar-refractivity contribution in [3.05, 3.63) is 35.9 Å². The summed E-state index contributed by atoms with van der Waals surface area (Å²) in [5, 5.41) is 0. The van der Waals surface area contributed by atoms with Crippen LogP contribution in [0.4, 0.5) is 0 Å². The normalized spacial score (nSPS) is 27.4. The first kappa shape index (κ1) is 14.6. The highest BCUT2D eigenvalue weighted by atomic mass is 14.8. The Morgan fingerprint density at radius 2 is 1.89 bits per heavy atom. The fourth-order valence-electron chi connectivity index (χ4n) is 3.63. The maximum atomic E-state index is 6.82. The summed E-state index contributed by atoms with van der Waals surface area (Å²) in [6.45, 7) is 2.27. The SMILES string of the molecule is CCCCCCC1(N)CCCCC1c1ccccc1. The first-order valence-electron chi connectivity index (χ1n) is 8.10. The second-order valence-corrected chi connectivity index (χ2v) is 6.25. The monoisotopic (exact) mass is 259 g/mol. The summed E-state index contributed by atoms with van der Waals surface area (Å²) in [4.78, 5) is 0. The van der Waals surface area contributed by atoms with E-state index < -0.39 is 0 Å². The molecule has 1 aliphatic carbocycles. The van der Waals surface area contributed by atoms with Crippen LogP contribution in [-0.4, -0.2) is 5.54 Å². The van der Waals surface area contributed by atoms with Gasteiger partial charge in [0.2, 0.25) is 0 Å². The average molecular weight is 259 g/mol. The predicted octanol–water partition coefficient (Wildman–Crippen LogP) is 5.01. The van der Waals surface area contributed by atoms with Gasteiger partial charge in [0.25, 0.3) is 0 Å². The standard InChI is InChI=1S/C18H29N/c1-2-3-4-9-14-18(19)15-10-8-13-17(18)16-11-6-5-7-12-16/h5-7,11-12,17H,2-4,8-10,13-15,19H2,1H3. The van der Waals surface area contributed by atoms with Crippen LogP contribution in [-0.2, 0) is 0 Å². The molecule has 19 heavy (non-hydrogen) atoms. The smallest absolute Gasteiger partial charge is 0.0223 e. The van der Waals surface area contributed by atoms with Crippen LogP contribution in [0, 0.1) is 0 Å². The minimum Gasteiger partial charge on any atom is -0.325 e. The maximum absolute atomic E-state index is 6.82. The third-order valence-corrected chi connectivity index (χ3v) is 4.78. The van der Waals surface area contributed by atoms with Crippen molar-refractivity contribution in [3.8, 4) is 0 Å². The fourth-order valence-corrected chi connectivity index (χ4v) is 3.63. The molecule has 106 valence electrons. The Labute approximate surface area is 118 Å². The predicted molar refractivity (Wildman–Crippen MR) is 83.3 cm³/mol. The van der Waals surface area contributed by atoms with Crippen LogP contribution in [0.1, 0.15) is 76.2 Å². The number of hydrogen-bond donors (Lipinski definition) is 1. The lowest BCUT2D eigenvalue weighted by Crippen LogP contribution is -2.47. The van der Waals surface area contributed by atoms with E-state index in [4.69, 9.17) is 5.73 Å². The molecular weight excluding hydrogens is 230 g/mol. The van der Waals surface area contributed by atoms with Gasteiger partial charge in [-0.2, -0.15) is 0 Å². The second kappa shape index (κ2) is 7.09. The Morgan fingerprint density at radius 1 is 1.11 bits per heavy atom. The van der Waals surface area contributed by atoms with E-state index in [9.17, 15) is 0 Å². The summed E-state index contributed by atoms with van der Waals surface area (Å²) in [6.07, 6.45) is 11.6. The summed E-state index contributed by atoms with van der Waals surface area (Å²) in [7, 11) is 0. The molecule has 0 saturated heterocycles. The van der Waals surface area contributed by atoms with Gasteiger partial charge in [0.15, 0.2) is 0 Å². The molecule has 0 aromatic heterocycles. The second-order valence-electron chi connectivity index (χ2n) is 6.25. The zero-order valence-corrected chi connectivity index (χ0v) is 12.4. The summed E-state index contributed by atoms with van der Waals surface area (Å²) in [5.41, 5.74) is 8.33. The maximum Gasteiger partial charge on any atom is 0.0223 e. The molecular formula is C18H29N. The molecule has 1 aromatic carbocycles. The molecule has 2 N–H and O–H groups in total. The molecule has 0 spiro atoms. The van der Waals surface area contributed by atoms with E-state index in [1.54, 1.807) is 0 Å². The van der Waals surface area contributed by atoms with Gasteiger partial charge in [-0.05, 0) is 24.8 Å². The molecule has 1 fully saturated rings. The first-order valence-corrected chi connectivity index (χ1v) is 8.10. The van der Waals surface area contributed by atoms with E-state index in [0.717, 1.165) is 0 Å². The largest absolute Gasteiger partial charge is 0.325 e. The molecule has 2 unspecified atom stereocenters. The lowest BCUT2D eigenvalue weighted by atomic mass is 9.68. The molecule has 0 amide bonds. The molecule has 0 bridgehead atoms. The number of unbranched alkanes of at least 4 members (excludes halogenated alkanes) is 3. The minimum atomic E-state index is 0.0490. The van der Waals surface area contributed by atoms with E-state index in [2.05, 4.69) is 37.3 Å². The highest BCUT2D eigenvalue weighted by molar-refractivity contribution is 5.24. The zero-order chi connectivity index (χ0) is 13.6. The Hall–Kier alpha value is -0.820. The lowest BCUT2D eigenvalue weighted by Gasteiger charge is -2.42. The molecule has 0 aliphatic heterocycles. The van der Waals surface area contributed by atoms with Crippen LogP contribution in [0.25, 0.3) is 0 Å². The first-order chi connectivity index (χ1) is 9.26. The van der Waals surface area contributed by atoms with E-state index in [0.29, 0.717) is 5.92 Å². The van der Waals surface area contributed by atoms with E-state index in [-0.39, 0.29) is 5.54 Å². The van der Waals surface area contributed by atoms with Crippen LogP contribution >= 0.6 is 0 Å². The number of rotatable bonds is 6. The van der Waals surface area contributed by atoms with Gasteiger partial charge in [-0.1, -0.05) is 75.8 Å². The van der Waals surface area contributed by atoms with Crippen molar-refractivity contribution in [1.82, 2.24) is 0 Å². The summed E-state index contributed by atoms with van der Waals surface area (Å²) in [5.74, 6) is 0.573. The van der Waals surface area contributed by atoms with E-state index in [1.165, 1.54) is 63.4 Å². The molecule has 2 rings (SSSR count). The van der Waals surface area contributed by atoms with Crippen molar-refractivity contribution in [1.29, 1.82) is 0 Å². The van der Waals surface area contributed by atoms with E-state index in [1.807, 2.05) is 0 Å². The third kappa shape index (κ3) is 3.82. The van der Waals surface area contributed by atoms with Crippen LogP contribution in [0.5, 0.6) is 0 Å². The van der Waals surface area contributed by atoms with Gasteiger partial charge in [0.05, 0.1) is 0 Å². The topological polar surface area (TPSA) is 26.0 Å². The molecule has 2 atom stereocenters. The van der Waals surface area contributed by atoms with Gasteiger partial charge >= 0.3 is 0 Å². The van der Waals surface area contributed by atoms with Gasteiger partial charge in [0.1, 0.15) is 0 Å². The Balaban J connectivity index is 2.02. The number of benzene rings is 1. The highest BCUT2D eigenvalue weighted by Gasteiger charge is 2.37. The molecule has 1 aromatic rings. The van der Waals surface area contributed by atoms with Gasteiger partial charge < -0.3 is 5.73 Å². The molecule has 1 saturated carbocycles. The number of nitrogens with two attached hydrogens (primary N) is 1.